The zero-order chi connectivity index (χ0) is 22.6. The van der Waals surface area contributed by atoms with E-state index >= 15 is 0 Å². The SMILES string of the molecule is O=C(CN1CCC(F)(F)CC1)N1CCc2c(ncnc2NCC2C3CC4CC(C3)CC2C4)C1. The van der Waals surface area contributed by atoms with Gasteiger partial charge in [0.15, 0.2) is 0 Å². The molecule has 3 heterocycles. The number of aromatic nitrogens is 2. The van der Waals surface area contributed by atoms with E-state index in [1.165, 1.54) is 32.1 Å². The summed E-state index contributed by atoms with van der Waals surface area (Å²) < 4.78 is 26.8. The van der Waals surface area contributed by atoms with Crippen LogP contribution in [0.5, 0.6) is 0 Å². The van der Waals surface area contributed by atoms with E-state index in [2.05, 4.69) is 15.3 Å². The maximum atomic E-state index is 13.4. The molecule has 5 fully saturated rings. The fraction of sp³-hybridized carbons (Fsp3) is 0.800. The third kappa shape index (κ3) is 4.35. The minimum Gasteiger partial charge on any atom is -0.369 e. The molecule has 4 saturated carbocycles. The lowest BCUT2D eigenvalue weighted by molar-refractivity contribution is -0.135. The number of nitrogens with one attached hydrogen (secondary N) is 1. The number of nitrogens with zero attached hydrogens (tertiary/aromatic N) is 4. The highest BCUT2D eigenvalue weighted by atomic mass is 19.3. The van der Waals surface area contributed by atoms with Crippen LogP contribution in [0.15, 0.2) is 6.33 Å². The van der Waals surface area contributed by atoms with Crippen molar-refractivity contribution in [3.63, 3.8) is 0 Å². The van der Waals surface area contributed by atoms with Crippen LogP contribution in [-0.4, -0.2) is 64.3 Å². The average Bonchev–Trinajstić information content (AvgIpc) is 2.79. The summed E-state index contributed by atoms with van der Waals surface area (Å²) in [6.45, 7) is 2.89. The van der Waals surface area contributed by atoms with Gasteiger partial charge in [0.25, 0.3) is 5.92 Å². The lowest BCUT2D eigenvalue weighted by atomic mass is 9.52. The molecule has 8 heteroatoms. The molecule has 0 unspecified atom stereocenters. The minimum absolute atomic E-state index is 0.00702. The zero-order valence-electron chi connectivity index (χ0n) is 19.3. The van der Waals surface area contributed by atoms with Crippen molar-refractivity contribution in [1.29, 1.82) is 0 Å². The van der Waals surface area contributed by atoms with Crippen molar-refractivity contribution in [3.05, 3.63) is 17.6 Å². The van der Waals surface area contributed by atoms with Crippen molar-refractivity contribution in [1.82, 2.24) is 19.8 Å². The Morgan fingerprint density at radius 1 is 1.03 bits per heavy atom. The van der Waals surface area contributed by atoms with Gasteiger partial charge in [-0.25, -0.2) is 18.7 Å². The van der Waals surface area contributed by atoms with Crippen molar-refractivity contribution in [3.8, 4) is 0 Å². The smallest absolute Gasteiger partial charge is 0.250 e. The van der Waals surface area contributed by atoms with E-state index in [4.69, 9.17) is 0 Å². The van der Waals surface area contributed by atoms with E-state index in [-0.39, 0.29) is 38.4 Å². The molecule has 4 aliphatic carbocycles. The predicted octanol–water partition coefficient (Wildman–Crippen LogP) is 3.58. The third-order valence-corrected chi connectivity index (χ3v) is 9.23. The molecule has 0 atom stereocenters. The quantitative estimate of drug-likeness (QED) is 0.729. The highest BCUT2D eigenvalue weighted by Gasteiger charge is 2.48. The summed E-state index contributed by atoms with van der Waals surface area (Å²) in [5.41, 5.74) is 2.06. The number of amides is 1. The maximum Gasteiger partial charge on any atom is 0.250 e. The average molecular weight is 460 g/mol. The molecule has 1 amide bonds. The van der Waals surface area contributed by atoms with Crippen molar-refractivity contribution >= 4 is 11.7 Å². The number of hydrogen-bond acceptors (Lipinski definition) is 5. The van der Waals surface area contributed by atoms with Gasteiger partial charge in [0.05, 0.1) is 18.8 Å². The first-order valence-electron chi connectivity index (χ1n) is 12.9. The van der Waals surface area contributed by atoms with E-state index < -0.39 is 5.92 Å². The summed E-state index contributed by atoms with van der Waals surface area (Å²) in [5, 5.41) is 3.68. The summed E-state index contributed by atoms with van der Waals surface area (Å²) in [6.07, 6.45) is 9.21. The highest BCUT2D eigenvalue weighted by molar-refractivity contribution is 5.78. The number of likely N-dealkylation sites (tertiary alicyclic amines) is 1. The van der Waals surface area contributed by atoms with Crippen LogP contribution in [0.4, 0.5) is 14.6 Å². The normalized spacial score (nSPS) is 34.8. The van der Waals surface area contributed by atoms with Crippen molar-refractivity contribution in [2.45, 2.75) is 63.8 Å². The Bertz CT molecular complexity index is 871. The number of carbonyl (C=O) groups excluding carboxylic acids is 1. The van der Waals surface area contributed by atoms with Gasteiger partial charge in [-0.1, -0.05) is 0 Å². The fourth-order valence-electron chi connectivity index (χ4n) is 7.63. The molecular weight excluding hydrogens is 424 g/mol. The number of fused-ring (bicyclic) bond motifs is 1. The molecule has 33 heavy (non-hydrogen) atoms. The van der Waals surface area contributed by atoms with Crippen LogP contribution in [0.3, 0.4) is 0 Å². The Morgan fingerprint density at radius 3 is 2.42 bits per heavy atom. The Hall–Kier alpha value is -1.83. The molecule has 0 aromatic carbocycles. The van der Waals surface area contributed by atoms with Crippen LogP contribution in [0.2, 0.25) is 0 Å². The van der Waals surface area contributed by atoms with E-state index in [0.29, 0.717) is 13.1 Å². The Kier molecular flexibility index (Phi) is 5.54. The molecule has 1 aromatic heterocycles. The predicted molar refractivity (Wildman–Crippen MR) is 121 cm³/mol. The second-order valence-electron chi connectivity index (χ2n) is 11.3. The van der Waals surface area contributed by atoms with Crippen molar-refractivity contribution in [2.75, 3.05) is 38.0 Å². The van der Waals surface area contributed by atoms with E-state index in [1.54, 1.807) is 6.33 Å². The third-order valence-electron chi connectivity index (χ3n) is 9.23. The summed E-state index contributed by atoms with van der Waals surface area (Å²) in [5.74, 6) is 2.87. The number of alkyl halides is 2. The number of carbonyl (C=O) groups is 1. The molecule has 0 radical (unpaired) electrons. The second-order valence-corrected chi connectivity index (χ2v) is 11.3. The molecule has 6 aliphatic rings. The molecule has 1 saturated heterocycles. The fourth-order valence-corrected chi connectivity index (χ4v) is 7.63. The lowest BCUT2D eigenvalue weighted by Crippen LogP contribution is -2.47. The van der Waals surface area contributed by atoms with Crippen LogP contribution in [0.1, 0.15) is 56.2 Å². The summed E-state index contributed by atoms with van der Waals surface area (Å²) >= 11 is 0. The van der Waals surface area contributed by atoms with E-state index in [9.17, 15) is 13.6 Å². The van der Waals surface area contributed by atoms with Crippen LogP contribution in [0, 0.1) is 29.6 Å². The highest BCUT2D eigenvalue weighted by Crippen LogP contribution is 2.56. The van der Waals surface area contributed by atoms with Crippen LogP contribution < -0.4 is 5.32 Å². The maximum absolute atomic E-state index is 13.4. The largest absolute Gasteiger partial charge is 0.369 e. The van der Waals surface area contributed by atoms with Gasteiger partial charge in [-0.2, -0.15) is 0 Å². The molecule has 1 aromatic rings. The second kappa shape index (κ2) is 8.43. The van der Waals surface area contributed by atoms with Gasteiger partial charge in [0.1, 0.15) is 12.1 Å². The molecule has 6 nitrogen and oxygen atoms in total. The summed E-state index contributed by atoms with van der Waals surface area (Å²) in [7, 11) is 0. The topological polar surface area (TPSA) is 61.4 Å². The number of hydrogen-bond donors (Lipinski definition) is 1. The van der Waals surface area contributed by atoms with Crippen LogP contribution in [0.25, 0.3) is 0 Å². The number of piperidine rings is 1. The van der Waals surface area contributed by atoms with Gasteiger partial charge in [0.2, 0.25) is 5.91 Å². The monoisotopic (exact) mass is 459 g/mol. The molecule has 1 N–H and O–H groups in total. The Balaban J connectivity index is 1.06. The summed E-state index contributed by atoms with van der Waals surface area (Å²) in [6, 6.07) is 0. The molecule has 2 aliphatic heterocycles. The van der Waals surface area contributed by atoms with Crippen molar-refractivity contribution in [2.24, 2.45) is 29.6 Å². The summed E-state index contributed by atoms with van der Waals surface area (Å²) in [4.78, 5) is 25.6. The molecular formula is C25H35F2N5O. The first-order valence-corrected chi connectivity index (χ1v) is 12.9. The zero-order valence-corrected chi connectivity index (χ0v) is 19.3. The lowest BCUT2D eigenvalue weighted by Gasteiger charge is -2.54. The number of halogens is 2. The first-order chi connectivity index (χ1) is 15.9. The van der Waals surface area contributed by atoms with Gasteiger partial charge >= 0.3 is 0 Å². The van der Waals surface area contributed by atoms with Gasteiger partial charge in [-0.3, -0.25) is 9.69 Å². The van der Waals surface area contributed by atoms with Gasteiger partial charge in [0, 0.05) is 44.6 Å². The standard InChI is InChI=1S/C25H35F2N5O/c26-25(27)2-5-31(6-3-25)14-23(33)32-4-1-20-22(13-32)29-15-30-24(20)28-12-21-18-8-16-7-17(10-18)11-19(21)9-16/h15-19,21H,1-14H2,(H,28,29,30). The Labute approximate surface area is 194 Å². The van der Waals surface area contributed by atoms with E-state index in [1.807, 2.05) is 9.80 Å². The van der Waals surface area contributed by atoms with Gasteiger partial charge in [-0.05, 0) is 68.1 Å². The van der Waals surface area contributed by atoms with Crippen molar-refractivity contribution < 1.29 is 13.6 Å². The van der Waals surface area contributed by atoms with Crippen LogP contribution in [-0.2, 0) is 17.8 Å². The van der Waals surface area contributed by atoms with Gasteiger partial charge < -0.3 is 10.2 Å². The number of rotatable bonds is 5. The van der Waals surface area contributed by atoms with Crippen LogP contribution >= 0.6 is 0 Å². The Morgan fingerprint density at radius 2 is 1.73 bits per heavy atom. The molecule has 7 rings (SSSR count). The van der Waals surface area contributed by atoms with E-state index in [0.717, 1.165) is 59.6 Å². The molecule has 4 bridgehead atoms. The molecule has 180 valence electrons. The number of anilines is 1. The molecule has 0 spiro atoms. The minimum atomic E-state index is -2.58. The first kappa shape index (κ1) is 21.7. The van der Waals surface area contributed by atoms with Gasteiger partial charge in [-0.15, -0.1) is 0 Å².